The van der Waals surface area contributed by atoms with Crippen LogP contribution < -0.4 is 9.46 Å². The molecule has 5 heteroatoms. The maximum atomic E-state index is 12.6. The van der Waals surface area contributed by atoms with Gasteiger partial charge in [0.1, 0.15) is 5.75 Å². The second-order valence-corrected chi connectivity index (χ2v) is 7.81. The highest BCUT2D eigenvalue weighted by molar-refractivity contribution is 7.89. The first-order valence-corrected chi connectivity index (χ1v) is 9.60. The molecule has 1 N–H and O–H groups in total. The Balaban J connectivity index is 1.78. The van der Waals surface area contributed by atoms with Gasteiger partial charge < -0.3 is 4.74 Å². The molecule has 130 valence electrons. The highest BCUT2D eigenvalue weighted by atomic mass is 32.2. The predicted octanol–water partition coefficient (Wildman–Crippen LogP) is 3.93. The Morgan fingerprint density at radius 2 is 1.64 bits per heavy atom. The van der Waals surface area contributed by atoms with Crippen molar-refractivity contribution in [3.63, 3.8) is 0 Å². The molecule has 0 aromatic heterocycles. The van der Waals surface area contributed by atoms with E-state index in [1.165, 1.54) is 0 Å². The van der Waals surface area contributed by atoms with E-state index in [4.69, 9.17) is 4.74 Å². The molecule has 0 radical (unpaired) electrons. The van der Waals surface area contributed by atoms with E-state index in [1.807, 2.05) is 55.5 Å². The van der Waals surface area contributed by atoms with Gasteiger partial charge in [-0.15, -0.1) is 0 Å². The topological polar surface area (TPSA) is 55.4 Å². The van der Waals surface area contributed by atoms with Crippen LogP contribution in [0, 0.1) is 0 Å². The van der Waals surface area contributed by atoms with E-state index in [2.05, 4.69) is 4.72 Å². The fourth-order valence-corrected chi connectivity index (χ4v) is 3.88. The number of nitrogens with one attached hydrogen (secondary N) is 1. The molecule has 0 unspecified atom stereocenters. The van der Waals surface area contributed by atoms with Crippen LogP contribution in [0.4, 0.5) is 0 Å². The lowest BCUT2D eigenvalue weighted by Crippen LogP contribution is -2.27. The molecular weight excluding hydrogens is 334 g/mol. The number of ether oxygens (including phenoxy) is 1. The van der Waals surface area contributed by atoms with Gasteiger partial charge in [-0.2, -0.15) is 0 Å². The molecule has 1 atom stereocenters. The van der Waals surface area contributed by atoms with Gasteiger partial charge in [-0.25, -0.2) is 13.1 Å². The van der Waals surface area contributed by atoms with Crippen LogP contribution in [0.5, 0.6) is 5.75 Å². The average molecular weight is 355 g/mol. The number of hydrogen-bond donors (Lipinski definition) is 1. The quantitative estimate of drug-likeness (QED) is 0.729. The fraction of sp³-hybridized carbons (Fsp3) is 0.200. The molecule has 3 aromatic carbocycles. The summed E-state index contributed by atoms with van der Waals surface area (Å²) in [5.41, 5.74) is 1.11. The Kier molecular flexibility index (Phi) is 5.06. The van der Waals surface area contributed by atoms with Gasteiger partial charge in [0.15, 0.2) is 0 Å². The number of hydrogen-bond acceptors (Lipinski definition) is 3. The number of benzene rings is 3. The van der Waals surface area contributed by atoms with Crippen molar-refractivity contribution in [3.8, 4) is 5.75 Å². The van der Waals surface area contributed by atoms with Crippen LogP contribution in [-0.4, -0.2) is 22.1 Å². The molecule has 0 bridgehead atoms. The van der Waals surface area contributed by atoms with E-state index in [9.17, 15) is 8.42 Å². The van der Waals surface area contributed by atoms with Crippen LogP contribution in [-0.2, 0) is 10.0 Å². The molecule has 3 aromatic rings. The average Bonchev–Trinajstić information content (AvgIpc) is 2.66. The van der Waals surface area contributed by atoms with Crippen LogP contribution in [0.15, 0.2) is 71.6 Å². The third-order valence-electron chi connectivity index (χ3n) is 4.28. The summed E-state index contributed by atoms with van der Waals surface area (Å²) in [4.78, 5) is 0.269. The summed E-state index contributed by atoms with van der Waals surface area (Å²) in [7, 11) is -1.94. The van der Waals surface area contributed by atoms with Crippen molar-refractivity contribution in [2.24, 2.45) is 0 Å². The normalized spacial score (nSPS) is 12.9. The molecule has 0 fully saturated rings. The van der Waals surface area contributed by atoms with E-state index in [-0.39, 0.29) is 10.8 Å². The zero-order valence-electron chi connectivity index (χ0n) is 14.3. The van der Waals surface area contributed by atoms with Gasteiger partial charge in [0.05, 0.1) is 12.0 Å². The lowest BCUT2D eigenvalue weighted by atomic mass is 10.0. The molecular formula is C20H21NO3S. The minimum atomic E-state index is -3.55. The molecule has 0 heterocycles. The van der Waals surface area contributed by atoms with E-state index in [1.54, 1.807) is 25.3 Å². The monoisotopic (exact) mass is 355 g/mol. The van der Waals surface area contributed by atoms with Gasteiger partial charge in [0.2, 0.25) is 10.0 Å². The number of rotatable bonds is 6. The standard InChI is InChI=1S/C20H21NO3S/c1-15(16-6-4-3-5-7-16)14-21-25(22,23)20-11-9-17-12-19(24-2)10-8-18(17)13-20/h3-13,15,21H,14H2,1-2H3/t15-/m0/s1. The Hall–Kier alpha value is -2.37. The van der Waals surface area contributed by atoms with Crippen molar-refractivity contribution < 1.29 is 13.2 Å². The van der Waals surface area contributed by atoms with Gasteiger partial charge in [0.25, 0.3) is 0 Å². The van der Waals surface area contributed by atoms with Crippen molar-refractivity contribution >= 4 is 20.8 Å². The zero-order chi connectivity index (χ0) is 17.9. The summed E-state index contributed by atoms with van der Waals surface area (Å²) in [5, 5.41) is 1.80. The summed E-state index contributed by atoms with van der Waals surface area (Å²) < 4.78 is 33.1. The summed E-state index contributed by atoms with van der Waals surface area (Å²) in [6.07, 6.45) is 0. The van der Waals surface area contributed by atoms with Gasteiger partial charge >= 0.3 is 0 Å². The second kappa shape index (κ2) is 7.25. The maximum absolute atomic E-state index is 12.6. The molecule has 0 saturated heterocycles. The summed E-state index contributed by atoms with van der Waals surface area (Å²) in [5.74, 6) is 0.846. The molecule has 4 nitrogen and oxygen atoms in total. The van der Waals surface area contributed by atoms with Gasteiger partial charge in [-0.3, -0.25) is 0 Å². The molecule has 3 rings (SSSR count). The summed E-state index contributed by atoms with van der Waals surface area (Å²) in [6.45, 7) is 2.36. The van der Waals surface area contributed by atoms with Crippen molar-refractivity contribution in [1.29, 1.82) is 0 Å². The molecule has 0 amide bonds. The van der Waals surface area contributed by atoms with Gasteiger partial charge in [-0.05, 0) is 46.5 Å². The first-order valence-electron chi connectivity index (χ1n) is 8.12. The van der Waals surface area contributed by atoms with Gasteiger partial charge in [-0.1, -0.05) is 49.4 Å². The van der Waals surface area contributed by atoms with E-state index in [0.29, 0.717) is 6.54 Å². The number of sulfonamides is 1. The molecule has 25 heavy (non-hydrogen) atoms. The zero-order valence-corrected chi connectivity index (χ0v) is 15.1. The van der Waals surface area contributed by atoms with Crippen LogP contribution in [0.1, 0.15) is 18.4 Å². The van der Waals surface area contributed by atoms with Crippen LogP contribution in [0.2, 0.25) is 0 Å². The van der Waals surface area contributed by atoms with Crippen LogP contribution >= 0.6 is 0 Å². The second-order valence-electron chi connectivity index (χ2n) is 6.04. The van der Waals surface area contributed by atoms with Crippen molar-refractivity contribution in [3.05, 3.63) is 72.3 Å². The predicted molar refractivity (Wildman–Crippen MR) is 101 cm³/mol. The van der Waals surface area contributed by atoms with E-state index in [0.717, 1.165) is 22.1 Å². The molecule has 0 saturated carbocycles. The lowest BCUT2D eigenvalue weighted by molar-refractivity contribution is 0.415. The maximum Gasteiger partial charge on any atom is 0.240 e. The fourth-order valence-electron chi connectivity index (χ4n) is 2.71. The minimum Gasteiger partial charge on any atom is -0.497 e. The highest BCUT2D eigenvalue weighted by Crippen LogP contribution is 2.24. The Morgan fingerprint density at radius 1 is 0.960 bits per heavy atom. The molecule has 0 spiro atoms. The first-order chi connectivity index (χ1) is 12.0. The van der Waals surface area contributed by atoms with Gasteiger partial charge in [0, 0.05) is 6.54 Å². The third kappa shape index (κ3) is 4.00. The summed E-state index contributed by atoms with van der Waals surface area (Å²) in [6, 6.07) is 20.5. The van der Waals surface area contributed by atoms with Crippen molar-refractivity contribution in [1.82, 2.24) is 4.72 Å². The van der Waals surface area contributed by atoms with Crippen molar-refractivity contribution in [2.45, 2.75) is 17.7 Å². The Morgan fingerprint density at radius 3 is 2.36 bits per heavy atom. The molecule has 0 aliphatic heterocycles. The smallest absolute Gasteiger partial charge is 0.240 e. The van der Waals surface area contributed by atoms with Crippen molar-refractivity contribution in [2.75, 3.05) is 13.7 Å². The molecule has 0 aliphatic carbocycles. The first kappa shape index (κ1) is 17.5. The Bertz CT molecular complexity index is 969. The lowest BCUT2D eigenvalue weighted by Gasteiger charge is -2.14. The number of methoxy groups -OCH3 is 1. The number of fused-ring (bicyclic) bond motifs is 1. The third-order valence-corrected chi connectivity index (χ3v) is 5.70. The highest BCUT2D eigenvalue weighted by Gasteiger charge is 2.16. The SMILES string of the molecule is COc1ccc2cc(S(=O)(=O)NC[C@H](C)c3ccccc3)ccc2c1. The Labute approximate surface area is 148 Å². The summed E-state index contributed by atoms with van der Waals surface area (Å²) >= 11 is 0. The van der Waals surface area contributed by atoms with Crippen LogP contribution in [0.25, 0.3) is 10.8 Å². The van der Waals surface area contributed by atoms with E-state index < -0.39 is 10.0 Å². The van der Waals surface area contributed by atoms with E-state index >= 15 is 0 Å². The minimum absolute atomic E-state index is 0.0979. The van der Waals surface area contributed by atoms with Crippen LogP contribution in [0.3, 0.4) is 0 Å². The largest absolute Gasteiger partial charge is 0.497 e. The molecule has 0 aliphatic rings.